The number of aliphatic hydroxyl groups excluding tert-OH is 1. The van der Waals surface area contributed by atoms with Crippen molar-refractivity contribution in [2.24, 2.45) is 0 Å². The van der Waals surface area contributed by atoms with Crippen LogP contribution in [0.4, 0.5) is 0 Å². The van der Waals surface area contributed by atoms with Crippen LogP contribution in [0.25, 0.3) is 4.96 Å². The van der Waals surface area contributed by atoms with E-state index in [-0.39, 0.29) is 6.42 Å². The summed E-state index contributed by atoms with van der Waals surface area (Å²) in [5, 5.41) is 11.3. The zero-order chi connectivity index (χ0) is 10.8. The maximum Gasteiger partial charge on any atom is 0.335 e. The van der Waals surface area contributed by atoms with Crippen molar-refractivity contribution < 1.29 is 14.6 Å². The Morgan fingerprint density at radius 3 is 3.27 bits per heavy atom. The number of hydrogen-bond donors (Lipinski definition) is 1. The van der Waals surface area contributed by atoms with E-state index >= 15 is 0 Å². The van der Waals surface area contributed by atoms with Gasteiger partial charge in [0.05, 0.1) is 12.8 Å². The summed E-state index contributed by atoms with van der Waals surface area (Å²) in [6.07, 6.45) is 2.71. The fourth-order valence-electron chi connectivity index (χ4n) is 1.29. The minimum Gasteiger partial charge on any atom is -0.467 e. The molecular weight excluding hydrogens is 216 g/mol. The molecule has 2 aromatic heterocycles. The van der Waals surface area contributed by atoms with Crippen LogP contribution in [0.2, 0.25) is 0 Å². The molecule has 0 amide bonds. The first kappa shape index (κ1) is 10.1. The number of fused-ring (bicyclic) bond motifs is 1. The average molecular weight is 226 g/mol. The summed E-state index contributed by atoms with van der Waals surface area (Å²) in [6, 6.07) is 0. The van der Waals surface area contributed by atoms with Crippen molar-refractivity contribution in [1.82, 2.24) is 9.38 Å². The van der Waals surface area contributed by atoms with Gasteiger partial charge in [0.1, 0.15) is 0 Å². The Labute approximate surface area is 89.9 Å². The van der Waals surface area contributed by atoms with E-state index in [0.29, 0.717) is 5.69 Å². The molecule has 0 aliphatic carbocycles. The fourth-order valence-corrected chi connectivity index (χ4v) is 2.01. The van der Waals surface area contributed by atoms with Gasteiger partial charge in [-0.2, -0.15) is 0 Å². The number of aromatic nitrogens is 2. The first-order valence-electron chi connectivity index (χ1n) is 4.37. The highest BCUT2D eigenvalue weighted by Crippen LogP contribution is 2.12. The SMILES string of the molecule is COC(=O)C(O)Cc1cn2ccsc2n1. The number of aliphatic hydroxyl groups is 1. The predicted octanol–water partition coefficient (Wildman–Crippen LogP) is 0.472. The maximum absolute atomic E-state index is 11.0. The highest BCUT2D eigenvalue weighted by Gasteiger charge is 2.17. The Bertz CT molecular complexity index is 448. The van der Waals surface area contributed by atoms with Gasteiger partial charge in [0, 0.05) is 24.2 Å². The van der Waals surface area contributed by atoms with Gasteiger partial charge in [0.2, 0.25) is 0 Å². The van der Waals surface area contributed by atoms with Gasteiger partial charge in [-0.05, 0) is 0 Å². The van der Waals surface area contributed by atoms with Crippen LogP contribution < -0.4 is 0 Å². The summed E-state index contributed by atoms with van der Waals surface area (Å²) in [7, 11) is 1.25. The molecular formula is C9H10N2O3S. The summed E-state index contributed by atoms with van der Waals surface area (Å²) < 4.78 is 6.27. The van der Waals surface area contributed by atoms with E-state index in [2.05, 4.69) is 9.72 Å². The maximum atomic E-state index is 11.0. The Morgan fingerprint density at radius 1 is 1.80 bits per heavy atom. The molecule has 6 heteroatoms. The summed E-state index contributed by atoms with van der Waals surface area (Å²) >= 11 is 1.50. The molecule has 1 atom stereocenters. The summed E-state index contributed by atoms with van der Waals surface area (Å²) in [6.45, 7) is 0. The second kappa shape index (κ2) is 4.00. The lowest BCUT2D eigenvalue weighted by atomic mass is 10.2. The van der Waals surface area contributed by atoms with Crippen LogP contribution in [0, 0.1) is 0 Å². The highest BCUT2D eigenvalue weighted by atomic mass is 32.1. The summed E-state index contributed by atoms with van der Waals surface area (Å²) in [5.74, 6) is -0.633. The zero-order valence-electron chi connectivity index (χ0n) is 8.08. The number of rotatable bonds is 3. The van der Waals surface area contributed by atoms with Crippen LogP contribution in [0.1, 0.15) is 5.69 Å². The van der Waals surface area contributed by atoms with Crippen LogP contribution in [-0.2, 0) is 16.0 Å². The second-order valence-electron chi connectivity index (χ2n) is 3.07. The lowest BCUT2D eigenvalue weighted by Gasteiger charge is -2.04. The summed E-state index contributed by atoms with van der Waals surface area (Å²) in [5.41, 5.74) is 0.680. The van der Waals surface area contributed by atoms with Crippen LogP contribution in [0.5, 0.6) is 0 Å². The molecule has 2 aromatic rings. The molecule has 2 heterocycles. The van der Waals surface area contributed by atoms with Gasteiger partial charge < -0.3 is 9.84 Å². The molecule has 0 fully saturated rings. The van der Waals surface area contributed by atoms with Gasteiger partial charge in [0.15, 0.2) is 11.1 Å². The van der Waals surface area contributed by atoms with Crippen molar-refractivity contribution in [3.8, 4) is 0 Å². The van der Waals surface area contributed by atoms with Gasteiger partial charge >= 0.3 is 5.97 Å². The number of carbonyl (C=O) groups excluding carboxylic acids is 1. The van der Waals surface area contributed by atoms with Gasteiger partial charge in [-0.25, -0.2) is 9.78 Å². The van der Waals surface area contributed by atoms with Gasteiger partial charge in [0.25, 0.3) is 0 Å². The molecule has 0 aliphatic rings. The molecule has 0 aliphatic heterocycles. The van der Waals surface area contributed by atoms with Crippen LogP contribution >= 0.6 is 11.3 Å². The van der Waals surface area contributed by atoms with E-state index in [1.54, 1.807) is 6.20 Å². The zero-order valence-corrected chi connectivity index (χ0v) is 8.90. The molecule has 0 saturated heterocycles. The van der Waals surface area contributed by atoms with Crippen LogP contribution in [0.3, 0.4) is 0 Å². The van der Waals surface area contributed by atoms with Crippen molar-refractivity contribution in [2.45, 2.75) is 12.5 Å². The number of carbonyl (C=O) groups is 1. The lowest BCUT2D eigenvalue weighted by molar-refractivity contribution is -0.150. The van der Waals surface area contributed by atoms with Crippen molar-refractivity contribution in [1.29, 1.82) is 0 Å². The third kappa shape index (κ3) is 2.00. The number of hydrogen-bond acceptors (Lipinski definition) is 5. The second-order valence-corrected chi connectivity index (χ2v) is 3.94. The van der Waals surface area contributed by atoms with Gasteiger partial charge in [-0.1, -0.05) is 0 Å². The Kier molecular flexibility index (Phi) is 2.70. The standard InChI is InChI=1S/C9H10N2O3S/c1-14-8(13)7(12)4-6-5-11-2-3-15-9(11)10-6/h2-3,5,7,12H,4H2,1H3. The average Bonchev–Trinajstić information content (AvgIpc) is 2.76. The molecule has 1 unspecified atom stereocenters. The first-order chi connectivity index (χ1) is 7.20. The van der Waals surface area contributed by atoms with E-state index < -0.39 is 12.1 Å². The molecule has 1 N–H and O–H groups in total. The van der Waals surface area contributed by atoms with Crippen molar-refractivity contribution in [2.75, 3.05) is 7.11 Å². The molecule has 0 aromatic carbocycles. The molecule has 0 saturated carbocycles. The minimum absolute atomic E-state index is 0.182. The number of imidazole rings is 1. The first-order valence-corrected chi connectivity index (χ1v) is 5.25. The molecule has 15 heavy (non-hydrogen) atoms. The topological polar surface area (TPSA) is 63.8 Å². The smallest absolute Gasteiger partial charge is 0.335 e. The highest BCUT2D eigenvalue weighted by molar-refractivity contribution is 7.15. The monoisotopic (exact) mass is 226 g/mol. The van der Waals surface area contributed by atoms with Crippen molar-refractivity contribution in [3.63, 3.8) is 0 Å². The molecule has 0 spiro atoms. The van der Waals surface area contributed by atoms with Crippen LogP contribution in [0.15, 0.2) is 17.8 Å². The van der Waals surface area contributed by atoms with E-state index in [9.17, 15) is 9.90 Å². The number of thiazole rings is 1. The van der Waals surface area contributed by atoms with E-state index in [1.807, 2.05) is 16.0 Å². The molecule has 0 bridgehead atoms. The van der Waals surface area contributed by atoms with Gasteiger partial charge in [-0.15, -0.1) is 11.3 Å². The number of methoxy groups -OCH3 is 1. The van der Waals surface area contributed by atoms with Crippen molar-refractivity contribution in [3.05, 3.63) is 23.5 Å². The largest absolute Gasteiger partial charge is 0.467 e. The normalized spacial score (nSPS) is 12.9. The number of ether oxygens (including phenoxy) is 1. The van der Waals surface area contributed by atoms with Crippen molar-refractivity contribution >= 4 is 22.3 Å². The molecule has 0 radical (unpaired) electrons. The molecule has 5 nitrogen and oxygen atoms in total. The predicted molar refractivity (Wildman–Crippen MR) is 54.8 cm³/mol. The van der Waals surface area contributed by atoms with E-state index in [0.717, 1.165) is 4.96 Å². The number of esters is 1. The third-order valence-corrected chi connectivity index (χ3v) is 2.79. The minimum atomic E-state index is -1.14. The van der Waals surface area contributed by atoms with E-state index in [1.165, 1.54) is 18.4 Å². The van der Waals surface area contributed by atoms with Gasteiger partial charge in [-0.3, -0.25) is 4.40 Å². The number of nitrogens with zero attached hydrogens (tertiary/aromatic N) is 2. The Balaban J connectivity index is 2.12. The molecule has 80 valence electrons. The fraction of sp³-hybridized carbons (Fsp3) is 0.333. The quantitative estimate of drug-likeness (QED) is 0.773. The lowest BCUT2D eigenvalue weighted by Crippen LogP contribution is -2.24. The van der Waals surface area contributed by atoms with Crippen LogP contribution in [-0.4, -0.2) is 33.7 Å². The van der Waals surface area contributed by atoms with E-state index in [4.69, 9.17) is 0 Å². The molecule has 2 rings (SSSR count). The Morgan fingerprint density at radius 2 is 2.60 bits per heavy atom. The Hall–Kier alpha value is -1.40. The summed E-state index contributed by atoms with van der Waals surface area (Å²) in [4.78, 5) is 16.1. The third-order valence-electron chi connectivity index (χ3n) is 2.02.